The van der Waals surface area contributed by atoms with Crippen LogP contribution in [0.5, 0.6) is 5.75 Å². The van der Waals surface area contributed by atoms with Crippen LogP contribution in [0.1, 0.15) is 87.0 Å². The van der Waals surface area contributed by atoms with Crippen molar-refractivity contribution in [3.05, 3.63) is 108 Å². The number of aromatic nitrogens is 3. The minimum absolute atomic E-state index is 0.0175. The van der Waals surface area contributed by atoms with Crippen molar-refractivity contribution in [3.8, 4) is 17.1 Å². The predicted molar refractivity (Wildman–Crippen MR) is 255 cm³/mol. The van der Waals surface area contributed by atoms with Gasteiger partial charge in [-0.05, 0) is 109 Å². The number of amides is 1. The first-order valence-electron chi connectivity index (χ1n) is 20.6. The van der Waals surface area contributed by atoms with Gasteiger partial charge in [0.1, 0.15) is 11.5 Å². The van der Waals surface area contributed by atoms with E-state index in [9.17, 15) is 22.3 Å². The Morgan fingerprint density at radius 1 is 0.825 bits per heavy atom. The molecule has 1 aliphatic heterocycles. The van der Waals surface area contributed by atoms with Gasteiger partial charge in [-0.15, -0.1) is 9.89 Å². The number of benzene rings is 4. The fourth-order valence-electron chi connectivity index (χ4n) is 7.75. The Labute approximate surface area is 379 Å². The zero-order valence-electron chi connectivity index (χ0n) is 37.2. The van der Waals surface area contributed by atoms with Gasteiger partial charge in [0.2, 0.25) is 5.82 Å². The molecule has 14 nitrogen and oxygen atoms in total. The summed E-state index contributed by atoms with van der Waals surface area (Å²) in [6.45, 7) is 22.8. The molecular weight excluding hydrogens is 860 g/mol. The van der Waals surface area contributed by atoms with E-state index < -0.39 is 39.4 Å². The third-order valence-corrected chi connectivity index (χ3v) is 12.1. The molecule has 17 heteroatoms. The van der Waals surface area contributed by atoms with Gasteiger partial charge in [-0.1, -0.05) is 91.3 Å². The van der Waals surface area contributed by atoms with E-state index in [1.165, 1.54) is 16.9 Å². The van der Waals surface area contributed by atoms with Crippen LogP contribution in [0.3, 0.4) is 0 Å². The summed E-state index contributed by atoms with van der Waals surface area (Å²) in [5.74, 6) is -0.177. The van der Waals surface area contributed by atoms with Gasteiger partial charge in [0.05, 0.1) is 28.5 Å². The maximum Gasteiger partial charge on any atom is 0.297 e. The maximum atomic E-state index is 13.6. The summed E-state index contributed by atoms with van der Waals surface area (Å²) in [7, 11) is 0. The van der Waals surface area contributed by atoms with E-state index in [2.05, 4.69) is 86.3 Å². The molecule has 3 unspecified atom stereocenters. The third kappa shape index (κ3) is 10.8. The van der Waals surface area contributed by atoms with Crippen LogP contribution in [-0.4, -0.2) is 68.4 Å². The highest BCUT2D eigenvalue weighted by atomic mass is 35.5. The zero-order chi connectivity index (χ0) is 46.0. The minimum atomic E-state index is -2.78. The van der Waals surface area contributed by atoms with Crippen LogP contribution >= 0.6 is 11.6 Å². The highest BCUT2D eigenvalue weighted by Gasteiger charge is 2.36. The molecule has 0 fully saturated rings. The Bertz CT molecular complexity index is 2550. The lowest BCUT2D eigenvalue weighted by Crippen LogP contribution is -2.40. The van der Waals surface area contributed by atoms with Crippen molar-refractivity contribution in [1.29, 1.82) is 0 Å². The van der Waals surface area contributed by atoms with Gasteiger partial charge < -0.3 is 9.64 Å². The lowest BCUT2D eigenvalue weighted by molar-refractivity contribution is -0.121. The second-order valence-corrected chi connectivity index (χ2v) is 20.1. The number of aliphatic imine (C=N–C) groups is 1. The SMILES string of the molecule is CCN(CC)c1ccc(/N=C2/C(C(C)(C)C)=Nn3nc(-c4ccc(N(c5cc(C(C)(C)CC(C)(C)C)ccc5OC(Cl)C(=O)N(c5ccccc5)S(=O)O)S(=O)O)cc4)nc32)cc1. The van der Waals surface area contributed by atoms with Gasteiger partial charge in [0.15, 0.2) is 5.82 Å². The molecule has 63 heavy (non-hydrogen) atoms. The second-order valence-electron chi connectivity index (χ2n) is 18.0. The van der Waals surface area contributed by atoms with Crippen molar-refractivity contribution >= 4 is 79.9 Å². The second kappa shape index (κ2) is 18.8. The summed E-state index contributed by atoms with van der Waals surface area (Å²) in [4.78, 5) is 27.2. The van der Waals surface area contributed by atoms with E-state index in [1.54, 1.807) is 54.6 Å². The fourth-order valence-corrected chi connectivity index (χ4v) is 9.17. The molecule has 0 spiro atoms. The van der Waals surface area contributed by atoms with Gasteiger partial charge in [-0.2, -0.15) is 5.10 Å². The van der Waals surface area contributed by atoms with Gasteiger partial charge in [0.25, 0.3) is 34.0 Å². The number of ether oxygens (including phenoxy) is 1. The number of para-hydroxylation sites is 1. The highest BCUT2D eigenvalue weighted by Crippen LogP contribution is 2.43. The predicted octanol–water partition coefficient (Wildman–Crippen LogP) is 10.3. The summed E-state index contributed by atoms with van der Waals surface area (Å²) in [5.41, 5.74) is 2.59. The number of halogens is 1. The van der Waals surface area contributed by atoms with Gasteiger partial charge in [-0.3, -0.25) is 13.9 Å². The van der Waals surface area contributed by atoms with Crippen LogP contribution in [-0.2, 0) is 32.7 Å². The van der Waals surface area contributed by atoms with E-state index in [1.807, 2.05) is 18.2 Å². The minimum Gasteiger partial charge on any atom is -0.463 e. The largest absolute Gasteiger partial charge is 0.463 e. The number of carbonyl (C=O) groups excluding carboxylic acids is 1. The molecule has 0 bridgehead atoms. The molecule has 1 amide bonds. The third-order valence-electron chi connectivity index (χ3n) is 10.4. The Morgan fingerprint density at radius 3 is 2.00 bits per heavy atom. The number of fused-ring (bicyclic) bond motifs is 1. The Balaban J connectivity index is 1.37. The molecule has 0 aliphatic carbocycles. The van der Waals surface area contributed by atoms with E-state index in [-0.39, 0.29) is 28.0 Å². The van der Waals surface area contributed by atoms with Crippen LogP contribution in [0.25, 0.3) is 11.4 Å². The molecule has 2 heterocycles. The summed E-state index contributed by atoms with van der Waals surface area (Å²) in [6, 6.07) is 27.8. The number of anilines is 4. The molecule has 0 radical (unpaired) electrons. The van der Waals surface area contributed by atoms with Crippen molar-refractivity contribution < 1.29 is 27.1 Å². The Morgan fingerprint density at radius 2 is 1.44 bits per heavy atom. The molecule has 0 saturated carbocycles. The number of alkyl halides is 1. The molecule has 4 aromatic carbocycles. The number of hydrogen-bond donors (Lipinski definition) is 2. The zero-order valence-corrected chi connectivity index (χ0v) is 39.6. The molecule has 0 saturated heterocycles. The van der Waals surface area contributed by atoms with Crippen LogP contribution in [0.15, 0.2) is 107 Å². The van der Waals surface area contributed by atoms with Crippen molar-refractivity contribution in [2.24, 2.45) is 20.9 Å². The molecule has 1 aromatic heterocycles. The normalized spacial score (nSPS) is 15.1. The highest BCUT2D eigenvalue weighted by molar-refractivity contribution is 7.81. The van der Waals surface area contributed by atoms with Crippen molar-refractivity contribution in [2.45, 2.75) is 86.6 Å². The van der Waals surface area contributed by atoms with Gasteiger partial charge in [0, 0.05) is 29.8 Å². The maximum absolute atomic E-state index is 13.6. The Kier molecular flexibility index (Phi) is 14.1. The lowest BCUT2D eigenvalue weighted by Gasteiger charge is -2.34. The van der Waals surface area contributed by atoms with Crippen molar-refractivity contribution in [2.75, 3.05) is 26.6 Å². The van der Waals surface area contributed by atoms with Crippen molar-refractivity contribution in [1.82, 2.24) is 14.9 Å². The topological polar surface area (TPSA) is 166 Å². The molecule has 2 N–H and O–H groups in total. The van der Waals surface area contributed by atoms with Gasteiger partial charge >= 0.3 is 0 Å². The summed E-state index contributed by atoms with van der Waals surface area (Å²) in [5, 5.41) is 9.54. The summed E-state index contributed by atoms with van der Waals surface area (Å²) in [6.07, 6.45) is 0.764. The number of nitrogens with zero attached hydrogens (tertiary/aromatic N) is 8. The number of rotatable bonds is 15. The van der Waals surface area contributed by atoms with Gasteiger partial charge in [-0.25, -0.2) is 27.0 Å². The van der Waals surface area contributed by atoms with E-state index in [0.717, 1.165) is 46.5 Å². The van der Waals surface area contributed by atoms with E-state index in [0.29, 0.717) is 32.9 Å². The monoisotopic (exact) mass is 914 g/mol. The van der Waals surface area contributed by atoms with Crippen LogP contribution in [0, 0.1) is 10.8 Å². The smallest absolute Gasteiger partial charge is 0.297 e. The van der Waals surface area contributed by atoms with E-state index in [4.69, 9.17) is 36.5 Å². The first-order chi connectivity index (χ1) is 29.6. The van der Waals surface area contributed by atoms with Crippen LogP contribution in [0.2, 0.25) is 0 Å². The quantitative estimate of drug-likeness (QED) is 0.0768. The molecule has 3 atom stereocenters. The van der Waals surface area contributed by atoms with Crippen LogP contribution in [0.4, 0.5) is 28.4 Å². The average molecular weight is 916 g/mol. The number of carbonyl (C=O) groups is 1. The molecular formula is C46H55ClN8O6S2. The standard InChI is InChI=1S/C46H55ClN8O6S2/c1-11-52(12-2)33-25-21-32(22-26-33)48-38-39(45(6,7)8)50-55-42(38)49-41(51-55)30-18-23-35(24-19-30)53(62(57)58)36-28-31(46(9,10)29-44(3,4)5)20-27-37(36)61-40(47)43(56)54(63(59)60)34-16-14-13-15-17-34/h13-28,40H,11-12,29H2,1-10H3,(H,57,58)(H,59,60)/b48-38-. The Hall–Kier alpha value is -5.26. The average Bonchev–Trinajstić information content (AvgIpc) is 3.78. The summed E-state index contributed by atoms with van der Waals surface area (Å²) >= 11 is 1.11. The number of hydrogen-bond acceptors (Lipinski definition) is 9. The molecule has 6 rings (SSSR count). The summed E-state index contributed by atoms with van der Waals surface area (Å²) < 4.78 is 54.6. The van der Waals surface area contributed by atoms with Crippen molar-refractivity contribution in [3.63, 3.8) is 0 Å². The molecule has 1 aliphatic rings. The first kappa shape index (κ1) is 47.2. The molecule has 5 aromatic rings. The van der Waals surface area contributed by atoms with E-state index >= 15 is 0 Å². The lowest BCUT2D eigenvalue weighted by atomic mass is 9.72. The van der Waals surface area contributed by atoms with Crippen LogP contribution < -0.4 is 18.2 Å². The first-order valence-corrected chi connectivity index (χ1v) is 23.2. The fraction of sp³-hybridized carbons (Fsp3) is 0.370. The molecule has 334 valence electrons.